The number of amides is 2. The number of carboxylic acid groups (broad SMARTS) is 1. The van der Waals surface area contributed by atoms with Crippen LogP contribution in [0.2, 0.25) is 0 Å². The Morgan fingerprint density at radius 1 is 1.15 bits per heavy atom. The van der Waals surface area contributed by atoms with Crippen molar-refractivity contribution in [3.05, 3.63) is 29.8 Å². The fourth-order valence-electron chi connectivity index (χ4n) is 2.99. The number of alkyl halides is 2. The molecule has 0 aliphatic heterocycles. The van der Waals surface area contributed by atoms with Crippen LogP contribution in [0.3, 0.4) is 0 Å². The van der Waals surface area contributed by atoms with Gasteiger partial charge in [-0.2, -0.15) is 0 Å². The molecule has 2 rings (SSSR count). The average molecular weight is 368 g/mol. The highest BCUT2D eigenvalue weighted by Gasteiger charge is 2.25. The van der Waals surface area contributed by atoms with Crippen molar-refractivity contribution in [2.75, 3.05) is 5.32 Å². The first-order valence-corrected chi connectivity index (χ1v) is 8.59. The summed E-state index contributed by atoms with van der Waals surface area (Å²) in [6, 6.07) is 4.30. The number of halogens is 2. The van der Waals surface area contributed by atoms with E-state index in [9.17, 15) is 23.2 Å². The number of carbonyl (C=O) groups is 3. The summed E-state index contributed by atoms with van der Waals surface area (Å²) in [6.45, 7) is 0. The summed E-state index contributed by atoms with van der Waals surface area (Å²) in [5.41, 5.74) is 0.501. The number of carboxylic acids is 1. The zero-order chi connectivity index (χ0) is 19.1. The molecule has 0 saturated heterocycles. The molecule has 0 aromatic heterocycles. The molecular formula is C18H22F2N2O4. The minimum atomic E-state index is -2.85. The predicted molar refractivity (Wildman–Crippen MR) is 91.2 cm³/mol. The van der Waals surface area contributed by atoms with Gasteiger partial charge in [0.25, 0.3) is 5.91 Å². The average Bonchev–Trinajstić information content (AvgIpc) is 2.61. The molecule has 142 valence electrons. The molecular weight excluding hydrogens is 346 g/mol. The fourth-order valence-corrected chi connectivity index (χ4v) is 2.99. The van der Waals surface area contributed by atoms with Crippen LogP contribution in [0.1, 0.15) is 48.9 Å². The second kappa shape index (κ2) is 9.26. The van der Waals surface area contributed by atoms with E-state index < -0.39 is 30.8 Å². The lowest BCUT2D eigenvalue weighted by Gasteiger charge is -2.21. The van der Waals surface area contributed by atoms with E-state index in [4.69, 9.17) is 5.11 Å². The zero-order valence-corrected chi connectivity index (χ0v) is 14.2. The summed E-state index contributed by atoms with van der Waals surface area (Å²) in [7, 11) is 0. The number of carbonyl (C=O) groups excluding carboxylic acids is 2. The van der Waals surface area contributed by atoms with Crippen LogP contribution >= 0.6 is 0 Å². The summed E-state index contributed by atoms with van der Waals surface area (Å²) in [6.07, 6.45) is 1.00. The summed E-state index contributed by atoms with van der Waals surface area (Å²) >= 11 is 0. The van der Waals surface area contributed by atoms with Gasteiger partial charge in [-0.25, -0.2) is 13.6 Å². The van der Waals surface area contributed by atoms with Crippen LogP contribution in [0.4, 0.5) is 14.5 Å². The lowest BCUT2D eigenvalue weighted by molar-refractivity contribution is -0.140. The minimum absolute atomic E-state index is 0.0522. The lowest BCUT2D eigenvalue weighted by Crippen LogP contribution is -2.42. The van der Waals surface area contributed by atoms with E-state index in [-0.39, 0.29) is 17.4 Å². The first-order valence-electron chi connectivity index (χ1n) is 8.59. The highest BCUT2D eigenvalue weighted by molar-refractivity contribution is 5.99. The molecule has 6 nitrogen and oxygen atoms in total. The number of benzene rings is 1. The van der Waals surface area contributed by atoms with Gasteiger partial charge in [-0.05, 0) is 31.0 Å². The van der Waals surface area contributed by atoms with Crippen molar-refractivity contribution < 1.29 is 28.3 Å². The van der Waals surface area contributed by atoms with Gasteiger partial charge in [-0.1, -0.05) is 25.3 Å². The molecule has 1 aliphatic rings. The molecule has 1 aliphatic carbocycles. The van der Waals surface area contributed by atoms with Crippen molar-refractivity contribution in [1.29, 1.82) is 0 Å². The third-order valence-corrected chi connectivity index (χ3v) is 4.39. The molecule has 1 saturated carbocycles. The van der Waals surface area contributed by atoms with Gasteiger partial charge in [0.1, 0.15) is 6.04 Å². The Morgan fingerprint density at radius 3 is 2.46 bits per heavy atom. The zero-order valence-electron chi connectivity index (χ0n) is 14.2. The first-order chi connectivity index (χ1) is 12.4. The molecule has 26 heavy (non-hydrogen) atoms. The van der Waals surface area contributed by atoms with Crippen LogP contribution < -0.4 is 10.6 Å². The van der Waals surface area contributed by atoms with E-state index in [0.29, 0.717) is 5.69 Å². The fraction of sp³-hybridized carbons (Fsp3) is 0.500. The van der Waals surface area contributed by atoms with Gasteiger partial charge >= 0.3 is 5.97 Å². The molecule has 1 fully saturated rings. The normalized spacial score (nSPS) is 16.1. The predicted octanol–water partition coefficient (Wildman–Crippen LogP) is 3.04. The third-order valence-electron chi connectivity index (χ3n) is 4.39. The van der Waals surface area contributed by atoms with Gasteiger partial charge in [0.05, 0.1) is 0 Å². The van der Waals surface area contributed by atoms with Crippen molar-refractivity contribution in [3.63, 3.8) is 0 Å². The van der Waals surface area contributed by atoms with Crippen LogP contribution in [0.5, 0.6) is 0 Å². The molecule has 0 bridgehead atoms. The van der Waals surface area contributed by atoms with Crippen molar-refractivity contribution in [2.24, 2.45) is 5.92 Å². The van der Waals surface area contributed by atoms with Crippen molar-refractivity contribution in [2.45, 2.75) is 51.0 Å². The number of rotatable bonds is 7. The molecule has 1 atom stereocenters. The van der Waals surface area contributed by atoms with E-state index in [0.717, 1.165) is 32.1 Å². The van der Waals surface area contributed by atoms with Gasteiger partial charge in [0.15, 0.2) is 0 Å². The Bertz CT molecular complexity index is 660. The maximum Gasteiger partial charge on any atom is 0.326 e. The molecule has 8 heteroatoms. The summed E-state index contributed by atoms with van der Waals surface area (Å²) in [5.74, 6) is -2.47. The molecule has 0 heterocycles. The Morgan fingerprint density at radius 2 is 1.85 bits per heavy atom. The first kappa shape index (κ1) is 19.8. The maximum absolute atomic E-state index is 12.4. The number of nitrogens with one attached hydrogen (secondary N) is 2. The van der Waals surface area contributed by atoms with Crippen LogP contribution in [0, 0.1) is 5.92 Å². The van der Waals surface area contributed by atoms with E-state index in [1.54, 1.807) is 6.07 Å². The van der Waals surface area contributed by atoms with Crippen LogP contribution in [0.25, 0.3) is 0 Å². The molecule has 2 amide bonds. The molecule has 1 aromatic carbocycles. The number of anilines is 1. The molecule has 1 unspecified atom stereocenters. The van der Waals surface area contributed by atoms with Crippen LogP contribution in [0.15, 0.2) is 24.3 Å². The van der Waals surface area contributed by atoms with E-state index >= 15 is 0 Å². The largest absolute Gasteiger partial charge is 0.480 e. The Kier molecular flexibility index (Phi) is 7.06. The maximum atomic E-state index is 12.4. The van der Waals surface area contributed by atoms with Crippen LogP contribution in [-0.2, 0) is 9.59 Å². The minimum Gasteiger partial charge on any atom is -0.480 e. The Labute approximate surface area is 150 Å². The number of aliphatic carboxylic acids is 1. The van der Waals surface area contributed by atoms with Crippen LogP contribution in [-0.4, -0.2) is 35.4 Å². The monoisotopic (exact) mass is 368 g/mol. The van der Waals surface area contributed by atoms with Crippen molar-refractivity contribution in [3.8, 4) is 0 Å². The lowest BCUT2D eigenvalue weighted by atomic mass is 9.88. The highest BCUT2D eigenvalue weighted by atomic mass is 19.3. The van der Waals surface area contributed by atoms with Gasteiger partial charge in [-0.15, -0.1) is 0 Å². The van der Waals surface area contributed by atoms with Gasteiger partial charge in [-0.3, -0.25) is 9.59 Å². The number of hydrogen-bond donors (Lipinski definition) is 3. The Hall–Kier alpha value is -2.51. The van der Waals surface area contributed by atoms with E-state index in [2.05, 4.69) is 10.6 Å². The van der Waals surface area contributed by atoms with Gasteiger partial charge < -0.3 is 15.7 Å². The summed E-state index contributed by atoms with van der Waals surface area (Å²) in [4.78, 5) is 35.4. The van der Waals surface area contributed by atoms with Gasteiger partial charge in [0.2, 0.25) is 12.3 Å². The third kappa shape index (κ3) is 5.79. The quantitative estimate of drug-likeness (QED) is 0.689. The topological polar surface area (TPSA) is 95.5 Å². The second-order valence-electron chi connectivity index (χ2n) is 6.40. The Balaban J connectivity index is 2.01. The second-order valence-corrected chi connectivity index (χ2v) is 6.40. The highest BCUT2D eigenvalue weighted by Crippen LogP contribution is 2.25. The van der Waals surface area contributed by atoms with Crippen molar-refractivity contribution in [1.82, 2.24) is 5.32 Å². The van der Waals surface area contributed by atoms with E-state index in [1.165, 1.54) is 18.2 Å². The summed E-state index contributed by atoms with van der Waals surface area (Å²) < 4.78 is 24.8. The molecule has 1 aromatic rings. The number of hydrogen-bond acceptors (Lipinski definition) is 3. The standard InChI is InChI=1S/C18H22F2N2O4/c19-15(20)10-14(18(25)26)22-17(24)12-7-4-8-13(9-12)21-16(23)11-5-2-1-3-6-11/h4,7-9,11,14-15H,1-3,5-6,10H2,(H,21,23)(H,22,24)(H,25,26). The molecule has 3 N–H and O–H groups in total. The molecule has 0 spiro atoms. The summed E-state index contributed by atoms with van der Waals surface area (Å²) in [5, 5.41) is 13.8. The van der Waals surface area contributed by atoms with Crippen molar-refractivity contribution >= 4 is 23.5 Å². The SMILES string of the molecule is O=C(NC(CC(F)F)C(=O)O)c1cccc(NC(=O)C2CCCCC2)c1. The molecule has 0 radical (unpaired) electrons. The smallest absolute Gasteiger partial charge is 0.326 e. The van der Waals surface area contributed by atoms with Gasteiger partial charge in [0, 0.05) is 23.6 Å². The van der Waals surface area contributed by atoms with E-state index in [1.807, 2.05) is 0 Å².